The third-order valence-corrected chi connectivity index (χ3v) is 3.91. The van der Waals surface area contributed by atoms with Crippen LogP contribution in [0.25, 0.3) is 0 Å². The summed E-state index contributed by atoms with van der Waals surface area (Å²) < 4.78 is 41.5. The van der Waals surface area contributed by atoms with Gasteiger partial charge in [0.25, 0.3) is 0 Å². The Kier molecular flexibility index (Phi) is 6.22. The molecule has 25 heavy (non-hydrogen) atoms. The van der Waals surface area contributed by atoms with Crippen molar-refractivity contribution in [2.45, 2.75) is 32.5 Å². The zero-order valence-electron chi connectivity index (χ0n) is 13.8. The number of nitrogens with one attached hydrogen (secondary N) is 1. The second kappa shape index (κ2) is 8.17. The number of amides is 2. The first kappa shape index (κ1) is 19.0. The van der Waals surface area contributed by atoms with Gasteiger partial charge in [-0.3, -0.25) is 9.59 Å². The third-order valence-electron chi connectivity index (χ3n) is 3.91. The Hall–Kier alpha value is -2.32. The predicted molar refractivity (Wildman–Crippen MR) is 82.6 cm³/mol. The molecule has 0 spiro atoms. The first-order valence-electron chi connectivity index (χ1n) is 7.93. The molecule has 1 N–H and O–H groups in total. The molecule has 2 heterocycles. The number of alkyl halides is 3. The molecular formula is C16H20F3N3O3. The highest BCUT2D eigenvalue weighted by molar-refractivity contribution is 5.80. The number of halogens is 3. The molecule has 1 aromatic rings. The first-order valence-corrected chi connectivity index (χ1v) is 7.93. The SMILES string of the molecule is CC(=O)N1CCC[C@@H](C(=O)NCc2cccnc2OCC(F)(F)F)C1. The van der Waals surface area contributed by atoms with E-state index in [2.05, 4.69) is 15.0 Å². The molecule has 1 aliphatic rings. The fourth-order valence-corrected chi connectivity index (χ4v) is 2.64. The van der Waals surface area contributed by atoms with Crippen molar-refractivity contribution in [3.8, 4) is 5.88 Å². The number of ether oxygens (including phenoxy) is 1. The molecule has 6 nitrogen and oxygen atoms in total. The van der Waals surface area contributed by atoms with Gasteiger partial charge in [-0.15, -0.1) is 0 Å². The Bertz CT molecular complexity index is 622. The second-order valence-corrected chi connectivity index (χ2v) is 5.89. The lowest BCUT2D eigenvalue weighted by Gasteiger charge is -2.31. The van der Waals surface area contributed by atoms with Gasteiger partial charge in [-0.05, 0) is 18.9 Å². The number of likely N-dealkylation sites (tertiary alicyclic amines) is 1. The van der Waals surface area contributed by atoms with E-state index >= 15 is 0 Å². The van der Waals surface area contributed by atoms with Gasteiger partial charge in [0.1, 0.15) is 0 Å². The second-order valence-electron chi connectivity index (χ2n) is 5.89. The van der Waals surface area contributed by atoms with Crippen molar-refractivity contribution in [1.82, 2.24) is 15.2 Å². The lowest BCUT2D eigenvalue weighted by Crippen LogP contribution is -2.44. The standard InChI is InChI=1S/C16H20F3N3O3/c1-11(23)22-7-3-5-13(9-22)14(24)21-8-12-4-2-6-20-15(12)25-10-16(17,18)19/h2,4,6,13H,3,5,7-10H2,1H3,(H,21,24)/t13-/m1/s1. The van der Waals surface area contributed by atoms with Crippen LogP contribution in [-0.4, -0.2) is 47.6 Å². The fraction of sp³-hybridized carbons (Fsp3) is 0.562. The Morgan fingerprint density at radius 2 is 2.20 bits per heavy atom. The van der Waals surface area contributed by atoms with E-state index in [1.807, 2.05) is 0 Å². The molecule has 0 aromatic carbocycles. The minimum Gasteiger partial charge on any atom is -0.468 e. The van der Waals surface area contributed by atoms with Crippen LogP contribution in [0.2, 0.25) is 0 Å². The van der Waals surface area contributed by atoms with E-state index in [0.717, 1.165) is 6.42 Å². The molecule has 1 fully saturated rings. The van der Waals surface area contributed by atoms with Crippen LogP contribution in [-0.2, 0) is 16.1 Å². The highest BCUT2D eigenvalue weighted by Crippen LogP contribution is 2.21. The van der Waals surface area contributed by atoms with Crippen molar-refractivity contribution in [3.05, 3.63) is 23.9 Å². The Morgan fingerprint density at radius 3 is 2.88 bits per heavy atom. The summed E-state index contributed by atoms with van der Waals surface area (Å²) in [6, 6.07) is 3.10. The van der Waals surface area contributed by atoms with Crippen molar-refractivity contribution >= 4 is 11.8 Å². The molecule has 138 valence electrons. The lowest BCUT2D eigenvalue weighted by molar-refractivity contribution is -0.154. The van der Waals surface area contributed by atoms with E-state index in [4.69, 9.17) is 0 Å². The van der Waals surface area contributed by atoms with E-state index in [9.17, 15) is 22.8 Å². The van der Waals surface area contributed by atoms with Crippen LogP contribution in [0, 0.1) is 5.92 Å². The Balaban J connectivity index is 1.92. The molecule has 0 saturated carbocycles. The number of rotatable bonds is 5. The molecular weight excluding hydrogens is 339 g/mol. The maximum Gasteiger partial charge on any atom is 0.422 e. The van der Waals surface area contributed by atoms with Gasteiger partial charge in [-0.25, -0.2) is 4.98 Å². The zero-order chi connectivity index (χ0) is 18.4. The molecule has 0 bridgehead atoms. The maximum absolute atomic E-state index is 12.3. The van der Waals surface area contributed by atoms with Crippen LogP contribution in [0.5, 0.6) is 5.88 Å². The van der Waals surface area contributed by atoms with E-state index in [1.54, 1.807) is 17.0 Å². The van der Waals surface area contributed by atoms with Gasteiger partial charge >= 0.3 is 6.18 Å². The monoisotopic (exact) mass is 359 g/mol. The van der Waals surface area contributed by atoms with Gasteiger partial charge in [0.05, 0.1) is 5.92 Å². The highest BCUT2D eigenvalue weighted by Gasteiger charge is 2.29. The van der Waals surface area contributed by atoms with Crippen LogP contribution >= 0.6 is 0 Å². The van der Waals surface area contributed by atoms with Gasteiger partial charge < -0.3 is 15.0 Å². The minimum absolute atomic E-state index is 0.0104. The lowest BCUT2D eigenvalue weighted by atomic mass is 9.97. The van der Waals surface area contributed by atoms with E-state index in [0.29, 0.717) is 25.1 Å². The Morgan fingerprint density at radius 1 is 1.44 bits per heavy atom. The fourth-order valence-electron chi connectivity index (χ4n) is 2.64. The summed E-state index contributed by atoms with van der Waals surface area (Å²) in [5.74, 6) is -0.799. The normalized spacial score (nSPS) is 17.9. The molecule has 9 heteroatoms. The quantitative estimate of drug-likeness (QED) is 0.872. The van der Waals surface area contributed by atoms with Crippen LogP contribution in [0.15, 0.2) is 18.3 Å². The van der Waals surface area contributed by atoms with Crippen LogP contribution in [0.3, 0.4) is 0 Å². The van der Waals surface area contributed by atoms with Crippen molar-refractivity contribution < 1.29 is 27.5 Å². The number of carbonyl (C=O) groups is 2. The molecule has 0 radical (unpaired) electrons. The van der Waals surface area contributed by atoms with Gasteiger partial charge in [0.15, 0.2) is 6.61 Å². The average molecular weight is 359 g/mol. The van der Waals surface area contributed by atoms with E-state index in [1.165, 1.54) is 13.1 Å². The molecule has 0 unspecified atom stereocenters. The van der Waals surface area contributed by atoms with Gasteiger partial charge in [0, 0.05) is 38.3 Å². The molecule has 1 atom stereocenters. The van der Waals surface area contributed by atoms with Gasteiger partial charge in [-0.2, -0.15) is 13.2 Å². The van der Waals surface area contributed by atoms with Crippen molar-refractivity contribution in [2.75, 3.05) is 19.7 Å². The number of piperidine rings is 1. The van der Waals surface area contributed by atoms with Crippen molar-refractivity contribution in [1.29, 1.82) is 0 Å². The summed E-state index contributed by atoms with van der Waals surface area (Å²) in [5.41, 5.74) is 0.360. The van der Waals surface area contributed by atoms with Crippen LogP contribution in [0.4, 0.5) is 13.2 Å². The summed E-state index contributed by atoms with van der Waals surface area (Å²) in [6.45, 7) is 1.01. The molecule has 1 aromatic heterocycles. The largest absolute Gasteiger partial charge is 0.468 e. The molecule has 2 rings (SSSR count). The zero-order valence-corrected chi connectivity index (χ0v) is 13.8. The minimum atomic E-state index is -4.46. The van der Waals surface area contributed by atoms with Crippen LogP contribution in [0.1, 0.15) is 25.3 Å². The summed E-state index contributed by atoms with van der Waals surface area (Å²) >= 11 is 0. The summed E-state index contributed by atoms with van der Waals surface area (Å²) in [7, 11) is 0. The number of pyridine rings is 1. The summed E-state index contributed by atoms with van der Waals surface area (Å²) in [6.07, 6.45) is -1.73. The molecule has 1 aliphatic heterocycles. The van der Waals surface area contributed by atoms with E-state index < -0.39 is 12.8 Å². The number of carbonyl (C=O) groups excluding carboxylic acids is 2. The maximum atomic E-state index is 12.3. The topological polar surface area (TPSA) is 71.5 Å². The highest BCUT2D eigenvalue weighted by atomic mass is 19.4. The van der Waals surface area contributed by atoms with E-state index in [-0.39, 0.29) is 30.2 Å². The third kappa shape index (κ3) is 5.91. The number of hydrogen-bond acceptors (Lipinski definition) is 4. The van der Waals surface area contributed by atoms with Crippen molar-refractivity contribution in [2.24, 2.45) is 5.92 Å². The van der Waals surface area contributed by atoms with Crippen molar-refractivity contribution in [3.63, 3.8) is 0 Å². The summed E-state index contributed by atoms with van der Waals surface area (Å²) in [5, 5.41) is 2.69. The molecule has 0 aliphatic carbocycles. The number of nitrogens with zero attached hydrogens (tertiary/aromatic N) is 2. The first-order chi connectivity index (χ1) is 11.8. The van der Waals surface area contributed by atoms with Crippen LogP contribution < -0.4 is 10.1 Å². The smallest absolute Gasteiger partial charge is 0.422 e. The molecule has 2 amide bonds. The summed E-state index contributed by atoms with van der Waals surface area (Å²) in [4.78, 5) is 29.1. The Labute approximate surface area is 143 Å². The number of aromatic nitrogens is 1. The van der Waals surface area contributed by atoms with Gasteiger partial charge in [0.2, 0.25) is 17.7 Å². The molecule has 1 saturated heterocycles. The average Bonchev–Trinajstić information content (AvgIpc) is 2.58. The van der Waals surface area contributed by atoms with Gasteiger partial charge in [-0.1, -0.05) is 6.07 Å². The number of hydrogen-bond donors (Lipinski definition) is 1. The predicted octanol–water partition coefficient (Wildman–Crippen LogP) is 1.90.